The van der Waals surface area contributed by atoms with Crippen LogP contribution in [-0.4, -0.2) is 47.3 Å². The number of carbonyl (C=O) groups excluding carboxylic acids is 1. The zero-order valence-corrected chi connectivity index (χ0v) is 19.7. The maximum atomic E-state index is 13.8. The molecule has 192 valence electrons. The summed E-state index contributed by atoms with van der Waals surface area (Å²) in [4.78, 5) is 35.1. The van der Waals surface area contributed by atoms with Gasteiger partial charge in [-0.05, 0) is 42.2 Å². The lowest BCUT2D eigenvalue weighted by Gasteiger charge is -2.30. The summed E-state index contributed by atoms with van der Waals surface area (Å²) >= 11 is 0. The van der Waals surface area contributed by atoms with Crippen LogP contribution in [0.2, 0.25) is 0 Å². The van der Waals surface area contributed by atoms with Crippen molar-refractivity contribution in [1.29, 1.82) is 0 Å². The van der Waals surface area contributed by atoms with Crippen molar-refractivity contribution in [2.75, 3.05) is 23.3 Å². The molecule has 3 N–H and O–H groups in total. The first-order valence-corrected chi connectivity index (χ1v) is 10.6. The molecule has 7 nitrogen and oxygen atoms in total. The molecule has 0 aliphatic carbocycles. The van der Waals surface area contributed by atoms with Crippen LogP contribution in [0.15, 0.2) is 42.5 Å². The third-order valence-electron chi connectivity index (χ3n) is 4.36. The molecule has 0 aliphatic rings. The quantitative estimate of drug-likeness (QED) is 0.412. The van der Waals surface area contributed by atoms with Crippen molar-refractivity contribution in [3.05, 3.63) is 59.4 Å². The van der Waals surface area contributed by atoms with Gasteiger partial charge in [-0.15, -0.1) is 0 Å². The number of rotatable bonds is 8. The topological polar surface area (TPSA) is 107 Å². The van der Waals surface area contributed by atoms with E-state index < -0.39 is 29.8 Å². The van der Waals surface area contributed by atoms with Gasteiger partial charge in [0, 0.05) is 18.8 Å². The first-order chi connectivity index (χ1) is 16.1. The Morgan fingerprint density at radius 3 is 1.86 bits per heavy atom. The molecule has 2 rings (SSSR count). The normalized spacial score (nSPS) is 11.0. The predicted molar refractivity (Wildman–Crippen MR) is 123 cm³/mol. The van der Waals surface area contributed by atoms with E-state index in [-0.39, 0.29) is 11.1 Å². The van der Waals surface area contributed by atoms with E-state index in [4.69, 9.17) is 9.90 Å². The number of alkyl halides is 3. The summed E-state index contributed by atoms with van der Waals surface area (Å²) in [6.07, 6.45) is -5.08. The second-order valence-electron chi connectivity index (χ2n) is 8.47. The van der Waals surface area contributed by atoms with E-state index in [1.54, 1.807) is 18.2 Å². The molecule has 0 heterocycles. The number of aliphatic carboxylic acids is 1. The molecule has 11 heteroatoms. The first-order valence-electron chi connectivity index (χ1n) is 10.6. The van der Waals surface area contributed by atoms with E-state index in [9.17, 15) is 32.3 Å². The van der Waals surface area contributed by atoms with Crippen molar-refractivity contribution < 1.29 is 42.2 Å². The van der Waals surface area contributed by atoms with Gasteiger partial charge in [0.15, 0.2) is 0 Å². The Hall–Kier alpha value is -3.63. The highest BCUT2D eigenvalue weighted by atomic mass is 19.4. The Balaban J connectivity index is 0.000000762. The summed E-state index contributed by atoms with van der Waals surface area (Å²) in [6, 6.07) is 10.4. The Morgan fingerprint density at radius 2 is 1.43 bits per heavy atom. The number of carboxylic acids is 2. The highest BCUT2D eigenvalue weighted by Crippen LogP contribution is 2.27. The number of nitrogens with zero attached hydrogens (tertiary/aromatic N) is 1. The van der Waals surface area contributed by atoms with Crippen LogP contribution in [0.3, 0.4) is 0 Å². The Bertz CT molecular complexity index is 1030. The van der Waals surface area contributed by atoms with Gasteiger partial charge in [-0.2, -0.15) is 13.2 Å². The first kappa shape index (κ1) is 29.4. The number of aromatic carboxylic acids is 1. The number of anilines is 2. The second-order valence-corrected chi connectivity index (χ2v) is 8.47. The van der Waals surface area contributed by atoms with Gasteiger partial charge in [0.1, 0.15) is 5.82 Å². The molecule has 2 aromatic rings. The second kappa shape index (κ2) is 12.7. The number of nitrogens with one attached hydrogen (secondary N) is 1. The van der Waals surface area contributed by atoms with E-state index in [1.807, 2.05) is 0 Å². The number of hydrogen-bond acceptors (Lipinski definition) is 4. The smallest absolute Gasteiger partial charge is 0.478 e. The van der Waals surface area contributed by atoms with E-state index in [2.05, 4.69) is 37.9 Å². The molecule has 0 unspecified atom stereocenters. The minimum absolute atomic E-state index is 0.0929. The molecule has 0 radical (unpaired) electrons. The summed E-state index contributed by atoms with van der Waals surface area (Å²) in [6.45, 7) is 9.76. The van der Waals surface area contributed by atoms with Gasteiger partial charge in [0.2, 0.25) is 0 Å². The third kappa shape index (κ3) is 9.63. The highest BCUT2D eigenvalue weighted by molar-refractivity contribution is 6.05. The number of halogens is 4. The van der Waals surface area contributed by atoms with Gasteiger partial charge < -0.3 is 20.4 Å². The maximum absolute atomic E-state index is 13.8. The van der Waals surface area contributed by atoms with E-state index in [0.717, 1.165) is 13.1 Å². The standard InChI is InChI=1S/C22H27FN2O3.C2HF3O2/c1-14(2)12-25(13-15(3)4)20-10-9-16(11-18(20)22(27)28)24-21(26)17-7-5-6-8-19(17)23;3-2(4,5)1(6)7/h5-11,14-15H,12-13H2,1-4H3,(H,24,26)(H,27,28);(H,6,7). The minimum atomic E-state index is -5.08. The molecule has 0 saturated heterocycles. The Labute approximate surface area is 200 Å². The largest absolute Gasteiger partial charge is 0.490 e. The lowest BCUT2D eigenvalue weighted by Crippen LogP contribution is -2.32. The fourth-order valence-corrected chi connectivity index (χ4v) is 3.06. The van der Waals surface area contributed by atoms with Gasteiger partial charge in [-0.3, -0.25) is 4.79 Å². The van der Waals surface area contributed by atoms with E-state index in [0.29, 0.717) is 23.2 Å². The minimum Gasteiger partial charge on any atom is -0.478 e. The Kier molecular flexibility index (Phi) is 10.7. The summed E-state index contributed by atoms with van der Waals surface area (Å²) in [7, 11) is 0. The maximum Gasteiger partial charge on any atom is 0.490 e. The predicted octanol–water partition coefficient (Wildman–Crippen LogP) is 5.53. The van der Waals surface area contributed by atoms with Crippen LogP contribution >= 0.6 is 0 Å². The molecule has 0 saturated carbocycles. The lowest BCUT2D eigenvalue weighted by molar-refractivity contribution is -0.192. The molecule has 1 amide bonds. The van der Waals surface area contributed by atoms with Crippen molar-refractivity contribution in [1.82, 2.24) is 0 Å². The van der Waals surface area contributed by atoms with Crippen LogP contribution in [0.5, 0.6) is 0 Å². The number of carboxylic acid groups (broad SMARTS) is 2. The number of amides is 1. The van der Waals surface area contributed by atoms with Crippen molar-refractivity contribution in [2.24, 2.45) is 11.8 Å². The molecule has 0 fully saturated rings. The third-order valence-corrected chi connectivity index (χ3v) is 4.36. The van der Waals surface area contributed by atoms with Crippen molar-refractivity contribution in [3.8, 4) is 0 Å². The molecule has 0 aliphatic heterocycles. The molecule has 35 heavy (non-hydrogen) atoms. The molecule has 2 aromatic carbocycles. The number of carbonyl (C=O) groups is 3. The lowest BCUT2D eigenvalue weighted by atomic mass is 10.1. The van der Waals surface area contributed by atoms with Gasteiger partial charge in [-0.1, -0.05) is 39.8 Å². The van der Waals surface area contributed by atoms with Crippen molar-refractivity contribution >= 4 is 29.2 Å². The average Bonchev–Trinajstić information content (AvgIpc) is 2.72. The zero-order valence-electron chi connectivity index (χ0n) is 19.7. The summed E-state index contributed by atoms with van der Waals surface area (Å²) in [5.74, 6) is -4.36. The number of hydrogen-bond donors (Lipinski definition) is 3. The fourth-order valence-electron chi connectivity index (χ4n) is 3.06. The van der Waals surface area contributed by atoms with Crippen molar-refractivity contribution in [2.45, 2.75) is 33.9 Å². The molecule has 0 spiro atoms. The van der Waals surface area contributed by atoms with Crippen LogP contribution in [0, 0.1) is 17.7 Å². The number of benzene rings is 2. The van der Waals surface area contributed by atoms with E-state index >= 15 is 0 Å². The fraction of sp³-hybridized carbons (Fsp3) is 0.375. The monoisotopic (exact) mass is 500 g/mol. The van der Waals surface area contributed by atoms with Gasteiger partial charge in [0.05, 0.1) is 16.8 Å². The summed E-state index contributed by atoms with van der Waals surface area (Å²) < 4.78 is 45.5. The van der Waals surface area contributed by atoms with Gasteiger partial charge >= 0.3 is 18.1 Å². The highest BCUT2D eigenvalue weighted by Gasteiger charge is 2.38. The Morgan fingerprint density at radius 1 is 0.914 bits per heavy atom. The van der Waals surface area contributed by atoms with Crippen LogP contribution in [0.25, 0.3) is 0 Å². The van der Waals surface area contributed by atoms with Crippen LogP contribution in [0.1, 0.15) is 48.4 Å². The molecule has 0 aromatic heterocycles. The van der Waals surface area contributed by atoms with Gasteiger partial charge in [-0.25, -0.2) is 14.0 Å². The van der Waals surface area contributed by atoms with Crippen LogP contribution in [0.4, 0.5) is 28.9 Å². The zero-order chi connectivity index (χ0) is 26.9. The summed E-state index contributed by atoms with van der Waals surface area (Å²) in [5.41, 5.74) is 0.930. The molecular formula is C24H28F4N2O5. The van der Waals surface area contributed by atoms with Crippen molar-refractivity contribution in [3.63, 3.8) is 0 Å². The van der Waals surface area contributed by atoms with Crippen LogP contribution in [-0.2, 0) is 4.79 Å². The SMILES string of the molecule is CC(C)CN(CC(C)C)c1ccc(NC(=O)c2ccccc2F)cc1C(=O)O.O=C(O)C(F)(F)F. The van der Waals surface area contributed by atoms with Gasteiger partial charge in [0.25, 0.3) is 5.91 Å². The van der Waals surface area contributed by atoms with Crippen LogP contribution < -0.4 is 10.2 Å². The molecular weight excluding hydrogens is 472 g/mol. The molecule has 0 bridgehead atoms. The average molecular weight is 500 g/mol. The summed E-state index contributed by atoms with van der Waals surface area (Å²) in [5, 5.41) is 19.4. The molecule has 0 atom stereocenters. The van der Waals surface area contributed by atoms with E-state index in [1.165, 1.54) is 24.3 Å².